The molecule has 3 atom stereocenters. The molecular weight excluding hydrogens is 505 g/mol. The zero-order chi connectivity index (χ0) is 28.4. The number of rotatable bonds is 6. The van der Waals surface area contributed by atoms with E-state index in [2.05, 4.69) is 20.9 Å². The topological polar surface area (TPSA) is 164 Å². The molecule has 12 heteroatoms. The van der Waals surface area contributed by atoms with Crippen LogP contribution in [0.4, 0.5) is 4.39 Å². The Balaban J connectivity index is 1.75. The lowest BCUT2D eigenvalue weighted by molar-refractivity contribution is -0.141. The van der Waals surface area contributed by atoms with Crippen molar-refractivity contribution in [2.24, 2.45) is 22.4 Å². The molecule has 7 N–H and O–H groups in total. The lowest BCUT2D eigenvalue weighted by Gasteiger charge is -2.30. The van der Waals surface area contributed by atoms with Crippen molar-refractivity contribution in [3.8, 4) is 5.75 Å². The number of nitrogens with zero attached hydrogens (tertiary/aromatic N) is 2. The third-order valence-corrected chi connectivity index (χ3v) is 7.17. The van der Waals surface area contributed by atoms with E-state index in [-0.39, 0.29) is 30.3 Å². The third-order valence-electron chi connectivity index (χ3n) is 7.17. The second kappa shape index (κ2) is 14.7. The van der Waals surface area contributed by atoms with E-state index in [1.54, 1.807) is 20.0 Å². The molecular formula is C27H42FN7O4. The lowest BCUT2D eigenvalue weighted by atomic mass is 10.1. The molecule has 2 aliphatic rings. The zero-order valence-corrected chi connectivity index (χ0v) is 22.9. The zero-order valence-electron chi connectivity index (χ0n) is 22.9. The van der Waals surface area contributed by atoms with Crippen LogP contribution in [0.15, 0.2) is 23.2 Å². The first-order valence-electron chi connectivity index (χ1n) is 13.7. The second-order valence-electron chi connectivity index (χ2n) is 10.3. The molecule has 0 bridgehead atoms. The number of unbranched alkanes of at least 4 members (excludes halogenated alkanes) is 1. The molecule has 1 aliphatic heterocycles. The van der Waals surface area contributed by atoms with Crippen LogP contribution in [0, 0.1) is 11.7 Å². The Morgan fingerprint density at radius 1 is 1.15 bits per heavy atom. The molecule has 1 aromatic carbocycles. The summed E-state index contributed by atoms with van der Waals surface area (Å²) < 4.78 is 19.8. The Bertz CT molecular complexity index is 1030. The molecule has 1 aromatic rings. The second-order valence-corrected chi connectivity index (χ2v) is 10.3. The summed E-state index contributed by atoms with van der Waals surface area (Å²) in [4.78, 5) is 44.9. The van der Waals surface area contributed by atoms with E-state index in [1.807, 2.05) is 0 Å². The summed E-state index contributed by atoms with van der Waals surface area (Å²) in [5.74, 6) is -0.633. The Kier molecular flexibility index (Phi) is 11.3. The standard InChI is InChI=1S/C27H42FN7O4/c1-17-24(36)34-21(7-3-4-12-33-27(29)30)25(37)32-13-5-6-18-10-11-20(28)16-22(18)39-15-14-31-23(19-8-9-19)26(38)35(17)2/h10-11,16-17,19,21,23,31H,3-9,12-15H2,1-2H3,(H,32,37)(H,34,36)(H4,29,30,33)/t17-,21-,23+/m1/s1. The maximum Gasteiger partial charge on any atom is 0.243 e. The molecule has 0 unspecified atom stereocenters. The van der Waals surface area contributed by atoms with Crippen LogP contribution in [0.5, 0.6) is 5.75 Å². The van der Waals surface area contributed by atoms with Gasteiger partial charge < -0.3 is 37.1 Å². The number of fused-ring (bicyclic) bond motifs is 1. The highest BCUT2D eigenvalue weighted by molar-refractivity contribution is 5.93. The van der Waals surface area contributed by atoms with E-state index in [1.165, 1.54) is 17.0 Å². The first-order valence-corrected chi connectivity index (χ1v) is 13.7. The quantitative estimate of drug-likeness (QED) is 0.196. The van der Waals surface area contributed by atoms with E-state index in [9.17, 15) is 18.8 Å². The number of ether oxygens (including phenoxy) is 1. The molecule has 3 rings (SSSR count). The van der Waals surface area contributed by atoms with Crippen LogP contribution in [0.1, 0.15) is 51.0 Å². The Morgan fingerprint density at radius 3 is 2.64 bits per heavy atom. The summed E-state index contributed by atoms with van der Waals surface area (Å²) in [5.41, 5.74) is 11.6. The summed E-state index contributed by atoms with van der Waals surface area (Å²) >= 11 is 0. The van der Waals surface area contributed by atoms with Gasteiger partial charge in [0.15, 0.2) is 5.96 Å². The molecule has 1 fully saturated rings. The maximum atomic E-state index is 13.9. The molecule has 0 spiro atoms. The number of carbonyl (C=O) groups excluding carboxylic acids is 3. The van der Waals surface area contributed by atoms with E-state index in [0.29, 0.717) is 57.5 Å². The SMILES string of the molecule is C[C@@H]1C(=O)N[C@H](CCCCN=C(N)N)C(=O)NCCCc2ccc(F)cc2OCCN[C@@H](C2CC2)C(=O)N1C. The molecule has 11 nitrogen and oxygen atoms in total. The van der Waals surface area contributed by atoms with Crippen LogP contribution in [0.2, 0.25) is 0 Å². The van der Waals surface area contributed by atoms with Gasteiger partial charge in [-0.15, -0.1) is 0 Å². The van der Waals surface area contributed by atoms with Crippen molar-refractivity contribution in [3.05, 3.63) is 29.6 Å². The van der Waals surface area contributed by atoms with Crippen molar-refractivity contribution >= 4 is 23.7 Å². The molecule has 0 aromatic heterocycles. The maximum absolute atomic E-state index is 13.9. The Hall–Kier alpha value is -3.41. The van der Waals surface area contributed by atoms with Gasteiger partial charge in [-0.05, 0) is 69.4 Å². The summed E-state index contributed by atoms with van der Waals surface area (Å²) in [5, 5.41) is 9.01. The molecule has 0 saturated heterocycles. The van der Waals surface area contributed by atoms with Crippen molar-refractivity contribution in [2.45, 2.75) is 70.0 Å². The minimum Gasteiger partial charge on any atom is -0.492 e. The lowest BCUT2D eigenvalue weighted by Crippen LogP contribution is -2.56. The predicted octanol–water partition coefficient (Wildman–Crippen LogP) is 0.411. The van der Waals surface area contributed by atoms with Crippen molar-refractivity contribution in [3.63, 3.8) is 0 Å². The fraction of sp³-hybridized carbons (Fsp3) is 0.630. The van der Waals surface area contributed by atoms with Crippen LogP contribution in [0.25, 0.3) is 0 Å². The number of benzene rings is 1. The summed E-state index contributed by atoms with van der Waals surface area (Å²) in [6.45, 7) is 3.10. The van der Waals surface area contributed by atoms with Crippen LogP contribution < -0.4 is 32.2 Å². The van der Waals surface area contributed by atoms with Crippen LogP contribution in [0.3, 0.4) is 0 Å². The third kappa shape index (κ3) is 9.38. The van der Waals surface area contributed by atoms with Gasteiger partial charge in [-0.1, -0.05) is 6.07 Å². The van der Waals surface area contributed by atoms with Crippen LogP contribution >= 0.6 is 0 Å². The molecule has 216 valence electrons. The smallest absolute Gasteiger partial charge is 0.243 e. The van der Waals surface area contributed by atoms with Gasteiger partial charge in [0.25, 0.3) is 0 Å². The molecule has 1 aliphatic carbocycles. The fourth-order valence-electron chi connectivity index (χ4n) is 4.56. The summed E-state index contributed by atoms with van der Waals surface area (Å²) in [7, 11) is 1.60. The van der Waals surface area contributed by atoms with Gasteiger partial charge >= 0.3 is 0 Å². The number of carbonyl (C=O) groups is 3. The number of hydrogen-bond acceptors (Lipinski definition) is 6. The minimum atomic E-state index is -0.775. The van der Waals surface area contributed by atoms with Gasteiger partial charge in [-0.2, -0.15) is 0 Å². The highest BCUT2D eigenvalue weighted by Crippen LogP contribution is 2.33. The molecule has 1 saturated carbocycles. The van der Waals surface area contributed by atoms with E-state index >= 15 is 0 Å². The van der Waals surface area contributed by atoms with Crippen LogP contribution in [-0.2, 0) is 20.8 Å². The minimum absolute atomic E-state index is 0.00694. The number of likely N-dealkylation sites (N-methyl/N-ethyl adjacent to an activating group) is 1. The number of hydrogen-bond donors (Lipinski definition) is 5. The molecule has 1 heterocycles. The summed E-state index contributed by atoms with van der Waals surface area (Å²) in [6.07, 6.45) is 4.68. The van der Waals surface area contributed by atoms with E-state index in [0.717, 1.165) is 18.4 Å². The Labute approximate surface area is 229 Å². The fourth-order valence-corrected chi connectivity index (χ4v) is 4.56. The largest absolute Gasteiger partial charge is 0.492 e. The number of aliphatic imine (C=N–C) groups is 1. The first kappa shape index (κ1) is 30.1. The van der Waals surface area contributed by atoms with Gasteiger partial charge in [-0.3, -0.25) is 19.4 Å². The number of nitrogens with two attached hydrogens (primary N) is 2. The normalized spacial score (nSPS) is 23.9. The van der Waals surface area contributed by atoms with Crippen molar-refractivity contribution < 1.29 is 23.5 Å². The number of halogens is 1. The van der Waals surface area contributed by atoms with Gasteiger partial charge in [0.05, 0.1) is 6.04 Å². The number of amides is 3. The first-order chi connectivity index (χ1) is 18.7. The van der Waals surface area contributed by atoms with E-state index in [4.69, 9.17) is 16.2 Å². The van der Waals surface area contributed by atoms with Gasteiger partial charge in [-0.25, -0.2) is 4.39 Å². The van der Waals surface area contributed by atoms with Crippen molar-refractivity contribution in [1.82, 2.24) is 20.9 Å². The number of nitrogens with one attached hydrogen (secondary N) is 3. The molecule has 0 radical (unpaired) electrons. The molecule has 3 amide bonds. The summed E-state index contributed by atoms with van der Waals surface area (Å²) in [6, 6.07) is 2.43. The average molecular weight is 548 g/mol. The highest BCUT2D eigenvalue weighted by Gasteiger charge is 2.39. The highest BCUT2D eigenvalue weighted by atomic mass is 19.1. The monoisotopic (exact) mass is 547 g/mol. The van der Waals surface area contributed by atoms with Crippen molar-refractivity contribution in [1.29, 1.82) is 0 Å². The van der Waals surface area contributed by atoms with E-state index < -0.39 is 29.8 Å². The predicted molar refractivity (Wildman–Crippen MR) is 146 cm³/mol. The van der Waals surface area contributed by atoms with Crippen LogP contribution in [-0.4, -0.2) is 80.0 Å². The Morgan fingerprint density at radius 2 is 1.92 bits per heavy atom. The van der Waals surface area contributed by atoms with Gasteiger partial charge in [0.1, 0.15) is 30.3 Å². The number of aryl methyl sites for hydroxylation is 1. The average Bonchev–Trinajstić information content (AvgIpc) is 3.74. The van der Waals surface area contributed by atoms with Gasteiger partial charge in [0, 0.05) is 32.7 Å². The van der Waals surface area contributed by atoms with Gasteiger partial charge in [0.2, 0.25) is 17.7 Å². The number of guanidine groups is 1. The molecule has 39 heavy (non-hydrogen) atoms. The van der Waals surface area contributed by atoms with Crippen molar-refractivity contribution in [2.75, 3.05) is 33.3 Å².